The summed E-state index contributed by atoms with van der Waals surface area (Å²) in [6.07, 6.45) is -0.688. The summed E-state index contributed by atoms with van der Waals surface area (Å²) in [7, 11) is 0. The molecule has 0 spiro atoms. The quantitative estimate of drug-likeness (QED) is 0.0996. The lowest BCUT2D eigenvalue weighted by Crippen LogP contribution is -2.48. The van der Waals surface area contributed by atoms with Gasteiger partial charge < -0.3 is 34.7 Å². The average molecular weight is 849 g/mol. The van der Waals surface area contributed by atoms with Crippen molar-refractivity contribution in [1.29, 1.82) is 0 Å². The smallest absolute Gasteiger partial charge is 0.254 e. The number of amides is 2. The van der Waals surface area contributed by atoms with Crippen molar-refractivity contribution in [1.82, 2.24) is 40.4 Å². The van der Waals surface area contributed by atoms with Crippen molar-refractivity contribution >= 4 is 34.2 Å². The molecule has 1 aliphatic carbocycles. The Balaban J connectivity index is 0.780. The number of aromatic hydroxyl groups is 1. The van der Waals surface area contributed by atoms with Gasteiger partial charge in [-0.15, -0.1) is 21.5 Å². The Labute approximate surface area is 356 Å². The van der Waals surface area contributed by atoms with Gasteiger partial charge in [-0.2, -0.15) is 0 Å². The highest BCUT2D eigenvalue weighted by atomic mass is 32.1. The number of H-pyrrole nitrogens is 1. The van der Waals surface area contributed by atoms with Crippen LogP contribution in [0.2, 0.25) is 0 Å². The van der Waals surface area contributed by atoms with E-state index in [1.165, 1.54) is 17.0 Å². The molecule has 6 aromatic rings. The van der Waals surface area contributed by atoms with Gasteiger partial charge in [0.2, 0.25) is 11.8 Å². The molecular weight excluding hydrogens is 800 g/mol. The summed E-state index contributed by atoms with van der Waals surface area (Å²) in [4.78, 5) is 40.6. The van der Waals surface area contributed by atoms with Gasteiger partial charge in [-0.05, 0) is 78.6 Å². The van der Waals surface area contributed by atoms with Gasteiger partial charge in [0.1, 0.15) is 18.6 Å². The van der Waals surface area contributed by atoms with Gasteiger partial charge in [0.15, 0.2) is 23.0 Å². The number of phenols is 1. The van der Waals surface area contributed by atoms with Crippen molar-refractivity contribution in [3.63, 3.8) is 0 Å². The number of ether oxygens (including phenoxy) is 1. The topological polar surface area (TPSA) is 183 Å². The van der Waals surface area contributed by atoms with E-state index < -0.39 is 29.6 Å². The van der Waals surface area contributed by atoms with Crippen molar-refractivity contribution in [2.45, 2.75) is 71.1 Å². The number of β-amino-alcohol motifs (C(OH)–C–C–N with tert-alkyl or cyclic N) is 1. The SMILES string of the molecule is Cc1ncsc1-c1ccc([C@H](C)NC(=O)[C@@H]2C[C@@H](O)CN2C(=O)[C@@H](c2cc(OCCN3C[C@@H]4C(c5[nH]c6nnc(-c7cccc(F)c7O)cc6c5C)[C@@H]4C3)no2)C(C)C)cc1. The first kappa shape index (κ1) is 40.7. The van der Waals surface area contributed by atoms with Crippen LogP contribution >= 0.6 is 11.3 Å². The summed E-state index contributed by atoms with van der Waals surface area (Å²) in [6, 6.07) is 14.7. The lowest BCUT2D eigenvalue weighted by atomic mass is 9.91. The molecule has 2 saturated heterocycles. The number of phenolic OH excluding ortho intramolecular Hbond substituents is 1. The van der Waals surface area contributed by atoms with E-state index in [0.717, 1.165) is 51.4 Å². The Hall–Kier alpha value is -5.71. The highest BCUT2D eigenvalue weighted by Crippen LogP contribution is 2.59. The molecule has 2 amide bonds. The van der Waals surface area contributed by atoms with Crippen molar-refractivity contribution in [2.75, 3.05) is 32.8 Å². The van der Waals surface area contributed by atoms with Crippen LogP contribution in [0.5, 0.6) is 11.6 Å². The molecule has 3 fully saturated rings. The first-order valence-corrected chi connectivity index (χ1v) is 21.7. The molecule has 4 N–H and O–H groups in total. The molecular formula is C45H49FN8O6S. The number of nitrogens with one attached hydrogen (secondary N) is 2. The molecule has 2 aromatic carbocycles. The van der Waals surface area contributed by atoms with Crippen molar-refractivity contribution < 1.29 is 33.5 Å². The summed E-state index contributed by atoms with van der Waals surface area (Å²) in [5.74, 6) is -0.676. The Morgan fingerprint density at radius 2 is 1.84 bits per heavy atom. The molecule has 2 aliphatic heterocycles. The van der Waals surface area contributed by atoms with Gasteiger partial charge in [0.05, 0.1) is 33.9 Å². The number of fused-ring (bicyclic) bond motifs is 2. The number of rotatable bonds is 13. The van der Waals surface area contributed by atoms with Gasteiger partial charge in [0, 0.05) is 61.2 Å². The van der Waals surface area contributed by atoms with Crippen LogP contribution in [-0.4, -0.2) is 102 Å². The molecule has 0 bridgehead atoms. The van der Waals surface area contributed by atoms with Gasteiger partial charge >= 0.3 is 0 Å². The predicted octanol–water partition coefficient (Wildman–Crippen LogP) is 6.50. The molecule has 16 heteroatoms. The van der Waals surface area contributed by atoms with Crippen molar-refractivity contribution in [2.24, 2.45) is 17.8 Å². The third kappa shape index (κ3) is 7.76. The number of piperidine rings is 1. The van der Waals surface area contributed by atoms with Crippen molar-refractivity contribution in [3.8, 4) is 33.3 Å². The number of benzene rings is 2. The van der Waals surface area contributed by atoms with Crippen LogP contribution in [0.3, 0.4) is 0 Å². The zero-order valence-electron chi connectivity index (χ0n) is 34.6. The second-order valence-electron chi connectivity index (χ2n) is 17.1. The van der Waals surface area contributed by atoms with Crippen LogP contribution in [-0.2, 0) is 9.59 Å². The summed E-state index contributed by atoms with van der Waals surface area (Å²) in [6.45, 7) is 12.8. The third-order valence-corrected chi connectivity index (χ3v) is 13.7. The number of aliphatic hydroxyl groups excluding tert-OH is 1. The molecule has 1 saturated carbocycles. The molecule has 7 atom stereocenters. The molecule has 6 heterocycles. The molecule has 318 valence electrons. The Morgan fingerprint density at radius 3 is 2.56 bits per heavy atom. The van der Waals surface area contributed by atoms with Gasteiger partial charge in [-0.3, -0.25) is 14.5 Å². The molecule has 9 rings (SSSR count). The van der Waals surface area contributed by atoms with Gasteiger partial charge in [0.25, 0.3) is 5.88 Å². The Kier molecular flexibility index (Phi) is 10.9. The highest BCUT2D eigenvalue weighted by Gasteiger charge is 2.57. The molecule has 3 aliphatic rings. The van der Waals surface area contributed by atoms with Crippen LogP contribution in [0.25, 0.3) is 32.7 Å². The maximum absolute atomic E-state index is 14.2. The molecule has 1 unspecified atom stereocenters. The minimum absolute atomic E-state index is 0.0461. The van der Waals surface area contributed by atoms with E-state index in [9.17, 15) is 24.2 Å². The number of aromatic amines is 1. The lowest BCUT2D eigenvalue weighted by molar-refractivity contribution is -0.141. The molecule has 4 aromatic heterocycles. The van der Waals surface area contributed by atoms with E-state index in [-0.39, 0.29) is 42.6 Å². The van der Waals surface area contributed by atoms with Crippen LogP contribution < -0.4 is 10.1 Å². The van der Waals surface area contributed by atoms with E-state index >= 15 is 0 Å². The van der Waals surface area contributed by atoms with Gasteiger partial charge in [-0.25, -0.2) is 9.37 Å². The number of carbonyl (C=O) groups is 2. The number of halogens is 1. The third-order valence-electron chi connectivity index (χ3n) is 12.8. The monoisotopic (exact) mass is 848 g/mol. The summed E-state index contributed by atoms with van der Waals surface area (Å²) in [5, 5.41) is 37.7. The van der Waals surface area contributed by atoms with E-state index in [2.05, 4.69) is 42.5 Å². The molecule has 14 nitrogen and oxygen atoms in total. The fourth-order valence-electron chi connectivity index (χ4n) is 9.43. The number of likely N-dealkylation sites (tertiary alicyclic amines) is 2. The van der Waals surface area contributed by atoms with Crippen LogP contribution in [0.4, 0.5) is 4.39 Å². The number of hydrogen-bond acceptors (Lipinski definition) is 12. The van der Waals surface area contributed by atoms with E-state index in [1.807, 2.05) is 63.5 Å². The standard InChI is InChI=1S/C45H49FN8O6S/c1-22(2)38(45(58)54-18-28(55)15-35(54)44(57)48-24(4)26-9-11-27(12-10-26)42-25(5)47-21-61-42)36-17-37(52-60-36)59-14-13-53-19-31-32(20-53)39(31)40-23(3)30-16-34(50-51-43(30)49-40)29-7-6-8-33(46)41(29)56/h6-12,16-17,21-22,24,28,31-32,35,38-39,55-56H,13-15,18-20H2,1-5H3,(H,48,57)(H,49,51)/t24-,28+,31-,32+,35-,38+,39?/m0/s1. The average Bonchev–Trinajstić information content (AvgIpc) is 3.91. The number of aromatic nitrogens is 5. The minimum atomic E-state index is -0.834. The number of nitrogens with zero attached hydrogens (tertiary/aromatic N) is 6. The minimum Gasteiger partial charge on any atom is -0.504 e. The Bertz CT molecular complexity index is 2580. The second-order valence-corrected chi connectivity index (χ2v) is 17.9. The number of hydrogen-bond donors (Lipinski definition) is 4. The van der Waals surface area contributed by atoms with E-state index in [4.69, 9.17) is 9.26 Å². The van der Waals surface area contributed by atoms with Crippen LogP contribution in [0, 0.1) is 37.4 Å². The summed E-state index contributed by atoms with van der Waals surface area (Å²) >= 11 is 1.59. The van der Waals surface area contributed by atoms with Gasteiger partial charge in [-0.1, -0.05) is 44.2 Å². The number of thiazole rings is 1. The lowest BCUT2D eigenvalue weighted by Gasteiger charge is -2.29. The number of para-hydroxylation sites is 1. The Morgan fingerprint density at radius 1 is 1.07 bits per heavy atom. The largest absolute Gasteiger partial charge is 0.504 e. The first-order valence-electron chi connectivity index (χ1n) is 20.8. The molecule has 0 radical (unpaired) electrons. The zero-order chi connectivity index (χ0) is 42.7. The second kappa shape index (κ2) is 16.3. The summed E-state index contributed by atoms with van der Waals surface area (Å²) < 4.78 is 25.7. The number of aryl methyl sites for hydroxylation is 2. The highest BCUT2D eigenvalue weighted by molar-refractivity contribution is 7.13. The number of aliphatic hydroxyl groups is 1. The van der Waals surface area contributed by atoms with E-state index in [0.29, 0.717) is 53.6 Å². The van der Waals surface area contributed by atoms with Crippen LogP contribution in [0.15, 0.2) is 64.6 Å². The molecule has 61 heavy (non-hydrogen) atoms. The summed E-state index contributed by atoms with van der Waals surface area (Å²) in [5.41, 5.74) is 8.42. The fraction of sp³-hybridized carbons (Fsp3) is 0.422. The van der Waals surface area contributed by atoms with E-state index in [1.54, 1.807) is 23.5 Å². The fourth-order valence-corrected chi connectivity index (χ4v) is 10.2. The zero-order valence-corrected chi connectivity index (χ0v) is 35.4. The predicted molar refractivity (Wildman–Crippen MR) is 226 cm³/mol. The number of carbonyl (C=O) groups excluding carboxylic acids is 2. The maximum Gasteiger partial charge on any atom is 0.254 e. The first-order chi connectivity index (χ1) is 29.4. The van der Waals surface area contributed by atoms with Crippen molar-refractivity contribution in [3.05, 3.63) is 94.2 Å². The maximum atomic E-state index is 14.2. The normalized spacial score (nSPS) is 22.2. The van der Waals surface area contributed by atoms with Crippen LogP contribution in [0.1, 0.15) is 73.3 Å².